The number of fused-ring (bicyclic) bond motifs is 1. The SMILES string of the molecule is CN1CCC(c2nc(-c3ccc4nc[nH]c(=O)c4c3)no2)CC1. The Morgan fingerprint density at radius 2 is 2.13 bits per heavy atom. The van der Waals surface area contributed by atoms with Gasteiger partial charge >= 0.3 is 0 Å². The smallest absolute Gasteiger partial charge is 0.258 e. The highest BCUT2D eigenvalue weighted by Crippen LogP contribution is 2.28. The van der Waals surface area contributed by atoms with Crippen molar-refractivity contribution in [1.82, 2.24) is 25.0 Å². The van der Waals surface area contributed by atoms with E-state index in [1.807, 2.05) is 6.07 Å². The van der Waals surface area contributed by atoms with Crippen LogP contribution in [0.25, 0.3) is 22.3 Å². The Morgan fingerprint density at radius 1 is 1.30 bits per heavy atom. The Labute approximate surface area is 132 Å². The number of aromatic amines is 1. The summed E-state index contributed by atoms with van der Waals surface area (Å²) in [5, 5.41) is 4.61. The van der Waals surface area contributed by atoms with E-state index in [-0.39, 0.29) is 5.56 Å². The van der Waals surface area contributed by atoms with Gasteiger partial charge in [-0.1, -0.05) is 5.16 Å². The van der Waals surface area contributed by atoms with Gasteiger partial charge < -0.3 is 14.4 Å². The van der Waals surface area contributed by atoms with Gasteiger partial charge in [-0.3, -0.25) is 4.79 Å². The summed E-state index contributed by atoms with van der Waals surface area (Å²) in [6.45, 7) is 2.08. The Kier molecular flexibility index (Phi) is 3.42. The molecule has 4 rings (SSSR count). The van der Waals surface area contributed by atoms with Crippen molar-refractivity contribution in [2.45, 2.75) is 18.8 Å². The Bertz CT molecular complexity index is 893. The summed E-state index contributed by atoms with van der Waals surface area (Å²) >= 11 is 0. The number of nitrogens with one attached hydrogen (secondary N) is 1. The van der Waals surface area contributed by atoms with Gasteiger partial charge in [-0.15, -0.1) is 0 Å². The lowest BCUT2D eigenvalue weighted by molar-refractivity contribution is 0.227. The standard InChI is InChI=1S/C16H17N5O2/c1-21-6-4-10(5-7-21)16-19-14(20-23-16)11-2-3-13-12(8-11)15(22)18-9-17-13/h2-3,8-10H,4-7H2,1H3,(H,17,18,22). The van der Waals surface area contributed by atoms with Gasteiger partial charge in [0.15, 0.2) is 0 Å². The van der Waals surface area contributed by atoms with Crippen LogP contribution in [-0.4, -0.2) is 45.1 Å². The molecule has 0 spiro atoms. The molecular formula is C16H17N5O2. The third kappa shape index (κ3) is 2.63. The van der Waals surface area contributed by atoms with Crippen LogP contribution in [0.3, 0.4) is 0 Å². The third-order valence-electron chi connectivity index (χ3n) is 4.41. The lowest BCUT2D eigenvalue weighted by atomic mass is 9.97. The molecule has 3 heterocycles. The van der Waals surface area contributed by atoms with E-state index in [1.54, 1.807) is 12.1 Å². The van der Waals surface area contributed by atoms with E-state index >= 15 is 0 Å². The Balaban J connectivity index is 1.66. The van der Waals surface area contributed by atoms with Crippen LogP contribution in [0.4, 0.5) is 0 Å². The minimum Gasteiger partial charge on any atom is -0.339 e. The van der Waals surface area contributed by atoms with Crippen molar-refractivity contribution in [2.24, 2.45) is 0 Å². The fraction of sp³-hybridized carbons (Fsp3) is 0.375. The molecular weight excluding hydrogens is 294 g/mol. The van der Waals surface area contributed by atoms with Crippen LogP contribution in [0.1, 0.15) is 24.7 Å². The van der Waals surface area contributed by atoms with Crippen LogP contribution in [0.5, 0.6) is 0 Å². The van der Waals surface area contributed by atoms with Crippen LogP contribution >= 0.6 is 0 Å². The minimum atomic E-state index is -0.170. The van der Waals surface area contributed by atoms with Gasteiger partial charge in [-0.2, -0.15) is 4.98 Å². The van der Waals surface area contributed by atoms with Crippen molar-refractivity contribution in [3.63, 3.8) is 0 Å². The molecule has 2 aromatic heterocycles. The number of nitrogens with zero attached hydrogens (tertiary/aromatic N) is 4. The largest absolute Gasteiger partial charge is 0.339 e. The summed E-state index contributed by atoms with van der Waals surface area (Å²) in [7, 11) is 2.12. The monoisotopic (exact) mass is 311 g/mol. The number of likely N-dealkylation sites (tertiary alicyclic amines) is 1. The maximum atomic E-state index is 11.9. The summed E-state index contributed by atoms with van der Waals surface area (Å²) < 4.78 is 5.45. The molecule has 118 valence electrons. The second kappa shape index (κ2) is 5.58. The molecule has 0 amide bonds. The van der Waals surface area contributed by atoms with E-state index in [1.165, 1.54) is 6.33 Å². The summed E-state index contributed by atoms with van der Waals surface area (Å²) in [6.07, 6.45) is 3.45. The van der Waals surface area contributed by atoms with Crippen molar-refractivity contribution in [1.29, 1.82) is 0 Å². The van der Waals surface area contributed by atoms with Gasteiger partial charge in [-0.25, -0.2) is 4.98 Å². The first-order valence-corrected chi connectivity index (χ1v) is 7.70. The molecule has 3 aromatic rings. The van der Waals surface area contributed by atoms with Gasteiger partial charge in [0.25, 0.3) is 5.56 Å². The molecule has 1 aliphatic heterocycles. The molecule has 7 nitrogen and oxygen atoms in total. The van der Waals surface area contributed by atoms with Gasteiger partial charge in [0.05, 0.1) is 17.2 Å². The summed E-state index contributed by atoms with van der Waals surface area (Å²) in [4.78, 5) is 25.4. The molecule has 0 aliphatic carbocycles. The fourth-order valence-corrected chi connectivity index (χ4v) is 2.98. The normalized spacial score (nSPS) is 16.9. The predicted molar refractivity (Wildman–Crippen MR) is 85.1 cm³/mol. The minimum absolute atomic E-state index is 0.170. The second-order valence-corrected chi connectivity index (χ2v) is 6.00. The molecule has 1 aliphatic rings. The van der Waals surface area contributed by atoms with Crippen LogP contribution < -0.4 is 5.56 Å². The first kappa shape index (κ1) is 14.1. The van der Waals surface area contributed by atoms with Gasteiger partial charge in [0.2, 0.25) is 11.7 Å². The third-order valence-corrected chi connectivity index (χ3v) is 4.41. The fourth-order valence-electron chi connectivity index (χ4n) is 2.98. The molecule has 1 saturated heterocycles. The quantitative estimate of drug-likeness (QED) is 0.776. The highest BCUT2D eigenvalue weighted by Gasteiger charge is 2.24. The highest BCUT2D eigenvalue weighted by atomic mass is 16.5. The van der Waals surface area contributed by atoms with Gasteiger partial charge in [-0.05, 0) is 51.2 Å². The topological polar surface area (TPSA) is 87.9 Å². The number of hydrogen-bond donors (Lipinski definition) is 1. The summed E-state index contributed by atoms with van der Waals surface area (Å²) in [5.41, 5.74) is 1.24. The summed E-state index contributed by atoms with van der Waals surface area (Å²) in [6, 6.07) is 5.41. The summed E-state index contributed by atoms with van der Waals surface area (Å²) in [5.74, 6) is 1.52. The van der Waals surface area contributed by atoms with Crippen molar-refractivity contribution in [2.75, 3.05) is 20.1 Å². The molecule has 0 atom stereocenters. The molecule has 7 heteroatoms. The van der Waals surface area contributed by atoms with E-state index in [9.17, 15) is 4.79 Å². The Morgan fingerprint density at radius 3 is 2.96 bits per heavy atom. The number of benzene rings is 1. The first-order valence-electron chi connectivity index (χ1n) is 7.70. The van der Waals surface area contributed by atoms with Crippen LogP contribution in [0.15, 0.2) is 33.8 Å². The number of hydrogen-bond acceptors (Lipinski definition) is 6. The lowest BCUT2D eigenvalue weighted by Gasteiger charge is -2.26. The molecule has 0 unspecified atom stereocenters. The number of aromatic nitrogens is 4. The number of H-pyrrole nitrogens is 1. The van der Waals surface area contributed by atoms with E-state index in [0.29, 0.717) is 28.5 Å². The molecule has 1 N–H and O–H groups in total. The number of rotatable bonds is 2. The Hall–Kier alpha value is -2.54. The van der Waals surface area contributed by atoms with E-state index < -0.39 is 0 Å². The molecule has 0 saturated carbocycles. The van der Waals surface area contributed by atoms with Crippen LogP contribution in [0.2, 0.25) is 0 Å². The average Bonchev–Trinajstić information content (AvgIpc) is 3.06. The van der Waals surface area contributed by atoms with Crippen LogP contribution in [-0.2, 0) is 0 Å². The second-order valence-electron chi connectivity index (χ2n) is 6.00. The molecule has 0 radical (unpaired) electrons. The zero-order chi connectivity index (χ0) is 15.8. The zero-order valence-electron chi connectivity index (χ0n) is 12.8. The average molecular weight is 311 g/mol. The molecule has 1 aromatic carbocycles. The van der Waals surface area contributed by atoms with Crippen LogP contribution in [0, 0.1) is 0 Å². The predicted octanol–water partition coefficient (Wildman–Crippen LogP) is 1.78. The number of piperidine rings is 1. The first-order chi connectivity index (χ1) is 11.2. The van der Waals surface area contributed by atoms with Crippen molar-refractivity contribution < 1.29 is 4.52 Å². The van der Waals surface area contributed by atoms with Gasteiger partial charge in [0.1, 0.15) is 0 Å². The van der Waals surface area contributed by atoms with Crippen molar-refractivity contribution in [3.8, 4) is 11.4 Å². The van der Waals surface area contributed by atoms with E-state index in [0.717, 1.165) is 31.5 Å². The zero-order valence-corrected chi connectivity index (χ0v) is 12.8. The maximum Gasteiger partial charge on any atom is 0.258 e. The van der Waals surface area contributed by atoms with Gasteiger partial charge in [0, 0.05) is 11.5 Å². The van der Waals surface area contributed by atoms with E-state index in [4.69, 9.17) is 4.52 Å². The van der Waals surface area contributed by atoms with Crippen molar-refractivity contribution in [3.05, 3.63) is 40.8 Å². The molecule has 1 fully saturated rings. The molecule has 0 bridgehead atoms. The molecule has 23 heavy (non-hydrogen) atoms. The maximum absolute atomic E-state index is 11.9. The highest BCUT2D eigenvalue weighted by molar-refractivity contribution is 5.82. The lowest BCUT2D eigenvalue weighted by Crippen LogP contribution is -2.29. The van der Waals surface area contributed by atoms with E-state index in [2.05, 4.69) is 32.1 Å². The van der Waals surface area contributed by atoms with Crippen molar-refractivity contribution >= 4 is 10.9 Å².